The summed E-state index contributed by atoms with van der Waals surface area (Å²) in [5.74, 6) is -1.74. The Morgan fingerprint density at radius 3 is 2.29 bits per heavy atom. The number of hydrogen-bond donors (Lipinski definition) is 1. The molecule has 0 spiro atoms. The lowest BCUT2D eigenvalue weighted by Crippen LogP contribution is -2.25. The van der Waals surface area contributed by atoms with Gasteiger partial charge in [-0.1, -0.05) is 24.3 Å². The number of carboxylic acids is 1. The van der Waals surface area contributed by atoms with Gasteiger partial charge in [0.25, 0.3) is 0 Å². The van der Waals surface area contributed by atoms with Crippen LogP contribution >= 0.6 is 15.9 Å². The average molecular weight is 372 g/mol. The summed E-state index contributed by atoms with van der Waals surface area (Å²) in [4.78, 5) is 10.7. The molecule has 1 aliphatic heterocycles. The summed E-state index contributed by atoms with van der Waals surface area (Å²) in [7, 11) is -3.82. The number of furan rings is 1. The van der Waals surface area contributed by atoms with Gasteiger partial charge in [-0.2, -0.15) is 4.31 Å². The van der Waals surface area contributed by atoms with E-state index in [0.717, 1.165) is 17.2 Å². The lowest BCUT2D eigenvalue weighted by Gasteiger charge is -2.14. The van der Waals surface area contributed by atoms with Crippen LogP contribution in [0.2, 0.25) is 0 Å². The zero-order valence-corrected chi connectivity index (χ0v) is 13.0. The first-order valence-corrected chi connectivity index (χ1v) is 8.22. The molecule has 6 nitrogen and oxygen atoms in total. The van der Waals surface area contributed by atoms with Crippen molar-refractivity contribution in [3.63, 3.8) is 0 Å². The minimum Gasteiger partial charge on any atom is -0.475 e. The Bertz CT molecular complexity index is 802. The molecule has 8 heteroatoms. The summed E-state index contributed by atoms with van der Waals surface area (Å²) in [6.07, 6.45) is 0. The third-order valence-electron chi connectivity index (χ3n) is 3.30. The molecule has 1 aromatic heterocycles. The first-order valence-electron chi connectivity index (χ1n) is 5.99. The summed E-state index contributed by atoms with van der Waals surface area (Å²) in [5.41, 5.74) is 1.89. The molecule has 1 aromatic carbocycles. The van der Waals surface area contributed by atoms with Gasteiger partial charge in [0, 0.05) is 19.2 Å². The summed E-state index contributed by atoms with van der Waals surface area (Å²) in [6, 6.07) is 8.47. The molecule has 2 heterocycles. The maximum Gasteiger partial charge on any atom is 0.371 e. The number of carboxylic acid groups (broad SMARTS) is 1. The van der Waals surface area contributed by atoms with Crippen LogP contribution in [0, 0.1) is 0 Å². The zero-order valence-electron chi connectivity index (χ0n) is 10.6. The SMILES string of the molecule is O=C(O)c1cc(S(=O)(=O)N2Cc3ccccc3C2)c(Br)o1. The monoisotopic (exact) mass is 371 g/mol. The summed E-state index contributed by atoms with van der Waals surface area (Å²) < 4.78 is 31.3. The van der Waals surface area contributed by atoms with Gasteiger partial charge in [-0.15, -0.1) is 0 Å². The number of carbonyl (C=O) groups is 1. The number of rotatable bonds is 3. The van der Waals surface area contributed by atoms with Crippen LogP contribution in [-0.4, -0.2) is 23.8 Å². The van der Waals surface area contributed by atoms with Crippen LogP contribution < -0.4 is 0 Å². The Morgan fingerprint density at radius 2 is 1.81 bits per heavy atom. The van der Waals surface area contributed by atoms with Crippen LogP contribution in [0.15, 0.2) is 44.3 Å². The number of aromatic carboxylic acids is 1. The van der Waals surface area contributed by atoms with Gasteiger partial charge in [0.05, 0.1) is 0 Å². The average Bonchev–Trinajstić information content (AvgIpc) is 3.02. The predicted molar refractivity (Wildman–Crippen MR) is 76.2 cm³/mol. The molecule has 3 rings (SSSR count). The zero-order chi connectivity index (χ0) is 15.2. The lowest BCUT2D eigenvalue weighted by atomic mass is 10.1. The van der Waals surface area contributed by atoms with Crippen LogP contribution in [0.4, 0.5) is 0 Å². The molecule has 0 unspecified atom stereocenters. The highest BCUT2D eigenvalue weighted by molar-refractivity contribution is 9.10. The van der Waals surface area contributed by atoms with E-state index in [2.05, 4.69) is 15.9 Å². The van der Waals surface area contributed by atoms with E-state index in [-0.39, 0.29) is 22.7 Å². The third kappa shape index (κ3) is 2.39. The van der Waals surface area contributed by atoms with Crippen molar-refractivity contribution >= 4 is 31.9 Å². The van der Waals surface area contributed by atoms with Crippen molar-refractivity contribution in [3.05, 3.63) is 51.9 Å². The molecule has 0 bridgehead atoms. The van der Waals surface area contributed by atoms with Crippen molar-refractivity contribution in [2.45, 2.75) is 18.0 Å². The Morgan fingerprint density at radius 1 is 1.24 bits per heavy atom. The van der Waals surface area contributed by atoms with E-state index in [1.807, 2.05) is 24.3 Å². The van der Waals surface area contributed by atoms with Crippen LogP contribution in [-0.2, 0) is 23.1 Å². The maximum atomic E-state index is 12.6. The van der Waals surface area contributed by atoms with E-state index in [1.165, 1.54) is 4.31 Å². The molecule has 110 valence electrons. The van der Waals surface area contributed by atoms with Crippen LogP contribution in [0.5, 0.6) is 0 Å². The van der Waals surface area contributed by atoms with Gasteiger partial charge >= 0.3 is 5.97 Å². The van der Waals surface area contributed by atoms with Gasteiger partial charge in [-0.05, 0) is 27.1 Å². The van der Waals surface area contributed by atoms with Gasteiger partial charge in [0.1, 0.15) is 4.90 Å². The quantitative estimate of drug-likeness (QED) is 0.894. The second kappa shape index (κ2) is 4.97. The van der Waals surface area contributed by atoms with Crippen LogP contribution in [0.1, 0.15) is 21.7 Å². The molecule has 1 N–H and O–H groups in total. The standard InChI is InChI=1S/C13H10BrNO5S/c14-12-11(5-10(20-12)13(16)17)21(18,19)15-6-8-3-1-2-4-9(8)7-15/h1-5H,6-7H2,(H,16,17). The Labute approximate surface area is 129 Å². The Hall–Kier alpha value is -1.64. The second-order valence-electron chi connectivity index (χ2n) is 4.60. The van der Waals surface area contributed by atoms with Crippen molar-refractivity contribution in [2.24, 2.45) is 0 Å². The van der Waals surface area contributed by atoms with Gasteiger partial charge in [0.15, 0.2) is 4.67 Å². The van der Waals surface area contributed by atoms with Crippen molar-refractivity contribution in [1.29, 1.82) is 0 Å². The molecule has 21 heavy (non-hydrogen) atoms. The van der Waals surface area contributed by atoms with Crippen LogP contribution in [0.3, 0.4) is 0 Å². The van der Waals surface area contributed by atoms with Crippen molar-refractivity contribution in [3.8, 4) is 0 Å². The fourth-order valence-corrected chi connectivity index (χ4v) is 4.54. The van der Waals surface area contributed by atoms with E-state index in [4.69, 9.17) is 9.52 Å². The highest BCUT2D eigenvalue weighted by Crippen LogP contribution is 2.33. The number of sulfonamides is 1. The minimum absolute atomic E-state index is 0.101. The molecule has 1 aliphatic rings. The topological polar surface area (TPSA) is 87.8 Å². The number of nitrogens with zero attached hydrogens (tertiary/aromatic N) is 1. The molecular formula is C13H10BrNO5S. The van der Waals surface area contributed by atoms with Crippen molar-refractivity contribution < 1.29 is 22.7 Å². The first-order chi connectivity index (χ1) is 9.89. The van der Waals surface area contributed by atoms with E-state index in [1.54, 1.807) is 0 Å². The Kier molecular flexibility index (Phi) is 3.39. The van der Waals surface area contributed by atoms with Gasteiger partial charge in [-0.3, -0.25) is 0 Å². The first kappa shape index (κ1) is 14.3. The normalized spacial score (nSPS) is 15.1. The number of halogens is 1. The van der Waals surface area contributed by atoms with Crippen LogP contribution in [0.25, 0.3) is 0 Å². The largest absolute Gasteiger partial charge is 0.475 e. The van der Waals surface area contributed by atoms with Crippen molar-refractivity contribution in [1.82, 2.24) is 4.31 Å². The molecule has 0 aliphatic carbocycles. The molecule has 0 saturated carbocycles. The molecule has 2 aromatic rings. The summed E-state index contributed by atoms with van der Waals surface area (Å²) in [6.45, 7) is 0.525. The fraction of sp³-hybridized carbons (Fsp3) is 0.154. The smallest absolute Gasteiger partial charge is 0.371 e. The van der Waals surface area contributed by atoms with E-state index in [0.29, 0.717) is 0 Å². The molecule has 0 atom stereocenters. The van der Waals surface area contributed by atoms with Gasteiger partial charge < -0.3 is 9.52 Å². The number of benzene rings is 1. The van der Waals surface area contributed by atoms with E-state index < -0.39 is 21.8 Å². The van der Waals surface area contributed by atoms with Gasteiger partial charge in [-0.25, -0.2) is 13.2 Å². The van der Waals surface area contributed by atoms with Crippen molar-refractivity contribution in [2.75, 3.05) is 0 Å². The molecular weight excluding hydrogens is 362 g/mol. The summed E-state index contributed by atoms with van der Waals surface area (Å²) in [5, 5.41) is 8.87. The highest BCUT2D eigenvalue weighted by atomic mass is 79.9. The molecule has 0 saturated heterocycles. The van der Waals surface area contributed by atoms with Gasteiger partial charge in [0.2, 0.25) is 15.8 Å². The molecule has 0 fully saturated rings. The molecule has 0 radical (unpaired) electrons. The fourth-order valence-electron chi connectivity index (χ4n) is 2.24. The number of hydrogen-bond acceptors (Lipinski definition) is 4. The third-order valence-corrected chi connectivity index (χ3v) is 5.94. The number of fused-ring (bicyclic) bond motifs is 1. The molecule has 0 amide bonds. The summed E-state index contributed by atoms with van der Waals surface area (Å²) >= 11 is 2.97. The lowest BCUT2D eigenvalue weighted by molar-refractivity contribution is 0.0661. The van der Waals surface area contributed by atoms with E-state index in [9.17, 15) is 13.2 Å². The van der Waals surface area contributed by atoms with E-state index >= 15 is 0 Å². The second-order valence-corrected chi connectivity index (χ2v) is 7.22. The minimum atomic E-state index is -3.82. The highest BCUT2D eigenvalue weighted by Gasteiger charge is 2.34. The maximum absolute atomic E-state index is 12.6. The predicted octanol–water partition coefficient (Wildman–Crippen LogP) is 2.44. The Balaban J connectivity index is 1.98.